The van der Waals surface area contributed by atoms with Gasteiger partial charge < -0.3 is 31.6 Å². The smallest absolute Gasteiger partial charge is 0.193 e. The summed E-state index contributed by atoms with van der Waals surface area (Å²) in [5, 5.41) is 10.9. The van der Waals surface area contributed by atoms with Crippen LogP contribution in [-0.2, 0) is 11.3 Å². The Kier molecular flexibility index (Phi) is 5.61. The first kappa shape index (κ1) is 18.5. The highest BCUT2D eigenvalue weighted by Crippen LogP contribution is 2.28. The molecule has 0 unspecified atom stereocenters. The van der Waals surface area contributed by atoms with E-state index < -0.39 is 0 Å². The van der Waals surface area contributed by atoms with Gasteiger partial charge in [-0.3, -0.25) is 4.79 Å². The molecule has 0 radical (unpaired) electrons. The zero-order valence-corrected chi connectivity index (χ0v) is 15.0. The number of halogens is 1. The number of aromatic hydroxyl groups is 1. The molecule has 26 heavy (non-hydrogen) atoms. The SMILES string of the molecule is O=c1cc(-c2ccccc2)oc2c(C[NH+]3CCOCC3)c(O)ccc12.[Cl-]. The minimum Gasteiger partial charge on any atom is -1.00 e. The van der Waals surface area contributed by atoms with E-state index in [2.05, 4.69) is 0 Å². The topological polar surface area (TPSA) is 64.1 Å². The van der Waals surface area contributed by atoms with Crippen molar-refractivity contribution in [2.75, 3.05) is 26.3 Å². The second-order valence-corrected chi connectivity index (χ2v) is 6.32. The fourth-order valence-corrected chi connectivity index (χ4v) is 3.27. The van der Waals surface area contributed by atoms with Crippen LogP contribution in [0.15, 0.2) is 57.7 Å². The van der Waals surface area contributed by atoms with Gasteiger partial charge in [-0.2, -0.15) is 0 Å². The van der Waals surface area contributed by atoms with Gasteiger partial charge in [-0.25, -0.2) is 0 Å². The third-order valence-electron chi connectivity index (χ3n) is 4.66. The molecule has 1 aromatic heterocycles. The van der Waals surface area contributed by atoms with Crippen molar-refractivity contribution in [3.05, 3.63) is 64.3 Å². The van der Waals surface area contributed by atoms with Crippen molar-refractivity contribution in [3.63, 3.8) is 0 Å². The Balaban J connectivity index is 0.00000196. The summed E-state index contributed by atoms with van der Waals surface area (Å²) in [6, 6.07) is 14.3. The fraction of sp³-hybridized carbons (Fsp3) is 0.250. The Morgan fingerprint density at radius 1 is 1.04 bits per heavy atom. The van der Waals surface area contributed by atoms with Gasteiger partial charge in [-0.05, 0) is 12.1 Å². The zero-order valence-electron chi connectivity index (χ0n) is 14.2. The van der Waals surface area contributed by atoms with Crippen molar-refractivity contribution in [1.82, 2.24) is 0 Å². The molecule has 2 N–H and O–H groups in total. The number of ether oxygens (including phenoxy) is 1. The molecule has 1 fully saturated rings. The normalized spacial score (nSPS) is 14.9. The van der Waals surface area contributed by atoms with Gasteiger partial charge in [0.15, 0.2) is 11.0 Å². The molecule has 1 aliphatic rings. The number of phenols is 1. The molecule has 0 bridgehead atoms. The lowest BCUT2D eigenvalue weighted by molar-refractivity contribution is -0.921. The van der Waals surface area contributed by atoms with E-state index in [-0.39, 0.29) is 23.6 Å². The minimum absolute atomic E-state index is 0. The maximum atomic E-state index is 12.6. The number of fused-ring (bicyclic) bond motifs is 1. The summed E-state index contributed by atoms with van der Waals surface area (Å²) in [5.74, 6) is 0.682. The van der Waals surface area contributed by atoms with Gasteiger partial charge in [0.1, 0.15) is 31.1 Å². The van der Waals surface area contributed by atoms with E-state index in [9.17, 15) is 9.90 Å². The number of rotatable bonds is 3. The van der Waals surface area contributed by atoms with Crippen LogP contribution in [0.1, 0.15) is 5.56 Å². The van der Waals surface area contributed by atoms with Crippen LogP contribution >= 0.6 is 0 Å². The monoisotopic (exact) mass is 373 g/mol. The van der Waals surface area contributed by atoms with Gasteiger partial charge >= 0.3 is 0 Å². The number of hydrogen-bond acceptors (Lipinski definition) is 4. The third-order valence-corrected chi connectivity index (χ3v) is 4.66. The molecule has 0 saturated carbocycles. The van der Waals surface area contributed by atoms with Gasteiger partial charge in [0, 0.05) is 11.6 Å². The van der Waals surface area contributed by atoms with Crippen LogP contribution < -0.4 is 22.7 Å². The van der Waals surface area contributed by atoms with Crippen LogP contribution in [0, 0.1) is 0 Å². The summed E-state index contributed by atoms with van der Waals surface area (Å²) in [5.41, 5.74) is 1.91. The Bertz CT molecular complexity index is 949. The zero-order chi connectivity index (χ0) is 17.2. The number of hydrogen-bond donors (Lipinski definition) is 2. The molecule has 2 aromatic carbocycles. The molecular weight excluding hydrogens is 354 g/mol. The summed E-state index contributed by atoms with van der Waals surface area (Å²) in [6.07, 6.45) is 0. The van der Waals surface area contributed by atoms with Gasteiger partial charge in [-0.15, -0.1) is 0 Å². The van der Waals surface area contributed by atoms with E-state index in [4.69, 9.17) is 9.15 Å². The first-order valence-corrected chi connectivity index (χ1v) is 8.48. The Labute approximate surface area is 157 Å². The molecule has 4 rings (SSSR count). The van der Waals surface area contributed by atoms with Gasteiger partial charge in [0.05, 0.1) is 24.2 Å². The number of phenolic OH excluding ortho intramolecular Hbond substituents is 1. The summed E-state index contributed by atoms with van der Waals surface area (Å²) in [7, 11) is 0. The Hall–Kier alpha value is -2.34. The molecular formula is C20H20ClNO4. The Morgan fingerprint density at radius 3 is 2.50 bits per heavy atom. The predicted octanol–water partition coefficient (Wildman–Crippen LogP) is -1.42. The second kappa shape index (κ2) is 7.91. The van der Waals surface area contributed by atoms with Crippen molar-refractivity contribution in [1.29, 1.82) is 0 Å². The van der Waals surface area contributed by atoms with E-state index in [1.54, 1.807) is 12.1 Å². The number of morpholine rings is 1. The molecule has 3 aromatic rings. The lowest BCUT2D eigenvalue weighted by Gasteiger charge is -2.24. The molecule has 1 saturated heterocycles. The third kappa shape index (κ3) is 3.60. The lowest BCUT2D eigenvalue weighted by Crippen LogP contribution is -3.12. The average Bonchev–Trinajstić information content (AvgIpc) is 2.65. The molecule has 0 amide bonds. The quantitative estimate of drug-likeness (QED) is 0.592. The first-order valence-electron chi connectivity index (χ1n) is 8.48. The van der Waals surface area contributed by atoms with Crippen LogP contribution in [0.3, 0.4) is 0 Å². The molecule has 0 atom stereocenters. The van der Waals surface area contributed by atoms with Crippen molar-refractivity contribution < 1.29 is 31.6 Å². The van der Waals surface area contributed by atoms with E-state index in [1.807, 2.05) is 30.3 Å². The van der Waals surface area contributed by atoms with Crippen LogP contribution in [0.2, 0.25) is 0 Å². The highest BCUT2D eigenvalue weighted by Gasteiger charge is 2.21. The predicted molar refractivity (Wildman–Crippen MR) is 94.8 cm³/mol. The highest BCUT2D eigenvalue weighted by molar-refractivity contribution is 5.83. The second-order valence-electron chi connectivity index (χ2n) is 6.32. The number of benzene rings is 2. The van der Waals surface area contributed by atoms with Crippen molar-refractivity contribution in [3.8, 4) is 17.1 Å². The van der Waals surface area contributed by atoms with Gasteiger partial charge in [-0.1, -0.05) is 30.3 Å². The maximum absolute atomic E-state index is 12.6. The van der Waals surface area contributed by atoms with Crippen molar-refractivity contribution in [2.24, 2.45) is 0 Å². The fourth-order valence-electron chi connectivity index (χ4n) is 3.27. The molecule has 136 valence electrons. The van der Waals surface area contributed by atoms with E-state index in [0.29, 0.717) is 42.1 Å². The molecule has 5 nitrogen and oxygen atoms in total. The lowest BCUT2D eigenvalue weighted by atomic mass is 10.1. The largest absolute Gasteiger partial charge is 1.00 e. The summed E-state index contributed by atoms with van der Waals surface area (Å²) >= 11 is 0. The number of nitrogens with one attached hydrogen (secondary N) is 1. The highest BCUT2D eigenvalue weighted by atomic mass is 35.5. The molecule has 0 spiro atoms. The standard InChI is InChI=1S/C20H19NO4.ClH/c22-17-7-6-15-18(23)12-19(14-4-2-1-3-5-14)25-20(15)16(17)13-21-8-10-24-11-9-21;/h1-7,12,22H,8-11,13H2;1H. The summed E-state index contributed by atoms with van der Waals surface area (Å²) in [4.78, 5) is 13.9. The Morgan fingerprint density at radius 2 is 1.77 bits per heavy atom. The van der Waals surface area contributed by atoms with Gasteiger partial charge in [0.25, 0.3) is 0 Å². The minimum atomic E-state index is -0.0988. The molecule has 1 aliphatic heterocycles. The maximum Gasteiger partial charge on any atom is 0.193 e. The van der Waals surface area contributed by atoms with Crippen molar-refractivity contribution in [2.45, 2.75) is 6.54 Å². The summed E-state index contributed by atoms with van der Waals surface area (Å²) in [6.45, 7) is 3.77. The molecule has 2 heterocycles. The first-order chi connectivity index (χ1) is 12.2. The molecule has 6 heteroatoms. The number of quaternary nitrogens is 1. The van der Waals surface area contributed by atoms with E-state index in [1.165, 1.54) is 11.0 Å². The van der Waals surface area contributed by atoms with Gasteiger partial charge in [0.2, 0.25) is 0 Å². The van der Waals surface area contributed by atoms with E-state index >= 15 is 0 Å². The molecule has 0 aliphatic carbocycles. The van der Waals surface area contributed by atoms with Crippen LogP contribution in [0.5, 0.6) is 5.75 Å². The van der Waals surface area contributed by atoms with Crippen LogP contribution in [0.4, 0.5) is 0 Å². The van der Waals surface area contributed by atoms with Crippen LogP contribution in [-0.4, -0.2) is 31.4 Å². The van der Waals surface area contributed by atoms with Crippen LogP contribution in [0.25, 0.3) is 22.3 Å². The van der Waals surface area contributed by atoms with Crippen molar-refractivity contribution >= 4 is 11.0 Å². The summed E-state index contributed by atoms with van der Waals surface area (Å²) < 4.78 is 11.5. The van der Waals surface area contributed by atoms with E-state index in [0.717, 1.165) is 18.7 Å². The average molecular weight is 374 g/mol.